The normalized spacial score (nSPS) is 11.8. The van der Waals surface area contributed by atoms with Crippen LogP contribution in [-0.2, 0) is 4.79 Å². The molecule has 3 nitrogen and oxygen atoms in total. The topological polar surface area (TPSA) is 41.1 Å². The Balaban J connectivity index is 2.49. The van der Waals surface area contributed by atoms with E-state index in [-0.39, 0.29) is 11.1 Å². The van der Waals surface area contributed by atoms with Gasteiger partial charge >= 0.3 is 0 Å². The molecule has 0 bridgehead atoms. The lowest BCUT2D eigenvalue weighted by Gasteiger charge is -2.20. The number of benzene rings is 2. The number of halogens is 2. The standard InChI is InChI=1S/C17H18ClFN2O/c1-11(8-9-22)21-17-13(4-3-5-16(17)20-2)12-6-7-15(19)14(18)10-12/h3-7,9-11,20-21H,8H2,1-2H3/t11-/m1/s1. The highest BCUT2D eigenvalue weighted by atomic mass is 35.5. The molecule has 0 heterocycles. The fraction of sp³-hybridized carbons (Fsp3) is 0.235. The molecule has 0 saturated heterocycles. The molecule has 2 aromatic rings. The van der Waals surface area contributed by atoms with Crippen LogP contribution in [-0.4, -0.2) is 19.4 Å². The van der Waals surface area contributed by atoms with E-state index in [4.69, 9.17) is 11.6 Å². The minimum Gasteiger partial charge on any atom is -0.386 e. The van der Waals surface area contributed by atoms with E-state index in [9.17, 15) is 9.18 Å². The van der Waals surface area contributed by atoms with E-state index >= 15 is 0 Å². The summed E-state index contributed by atoms with van der Waals surface area (Å²) >= 11 is 5.89. The SMILES string of the molecule is CNc1cccc(-c2ccc(F)c(Cl)c2)c1N[C@H](C)CC=O. The number of hydrogen-bond donors (Lipinski definition) is 2. The lowest BCUT2D eigenvalue weighted by molar-refractivity contribution is -0.107. The van der Waals surface area contributed by atoms with Crippen molar-refractivity contribution in [2.75, 3.05) is 17.7 Å². The number of carbonyl (C=O) groups excluding carboxylic acids is 1. The largest absolute Gasteiger partial charge is 0.386 e. The molecule has 0 saturated carbocycles. The first-order valence-corrected chi connectivity index (χ1v) is 7.41. The zero-order valence-electron chi connectivity index (χ0n) is 12.5. The summed E-state index contributed by atoms with van der Waals surface area (Å²) in [6, 6.07) is 10.4. The summed E-state index contributed by atoms with van der Waals surface area (Å²) in [5.41, 5.74) is 3.47. The Bertz CT molecular complexity index is 676. The number of carbonyl (C=O) groups is 1. The Morgan fingerprint density at radius 3 is 2.73 bits per heavy atom. The van der Waals surface area contributed by atoms with E-state index in [2.05, 4.69) is 10.6 Å². The van der Waals surface area contributed by atoms with Gasteiger partial charge in [-0.15, -0.1) is 0 Å². The van der Waals surface area contributed by atoms with Gasteiger partial charge in [-0.3, -0.25) is 0 Å². The van der Waals surface area contributed by atoms with Gasteiger partial charge in [-0.25, -0.2) is 4.39 Å². The molecule has 0 aromatic heterocycles. The summed E-state index contributed by atoms with van der Waals surface area (Å²) in [4.78, 5) is 10.7. The molecular formula is C17H18ClFN2O. The van der Waals surface area contributed by atoms with Crippen LogP contribution in [0, 0.1) is 5.82 Å². The average molecular weight is 321 g/mol. The smallest absolute Gasteiger partial charge is 0.141 e. The van der Waals surface area contributed by atoms with Crippen LogP contribution in [0.3, 0.4) is 0 Å². The highest BCUT2D eigenvalue weighted by Gasteiger charge is 2.13. The van der Waals surface area contributed by atoms with Gasteiger partial charge in [0.1, 0.15) is 12.1 Å². The Hall–Kier alpha value is -2.07. The van der Waals surface area contributed by atoms with Crippen molar-refractivity contribution in [1.29, 1.82) is 0 Å². The van der Waals surface area contributed by atoms with Crippen LogP contribution in [0.1, 0.15) is 13.3 Å². The first kappa shape index (κ1) is 16.3. The molecule has 0 fully saturated rings. The maximum Gasteiger partial charge on any atom is 0.141 e. The lowest BCUT2D eigenvalue weighted by atomic mass is 10.0. The first-order valence-electron chi connectivity index (χ1n) is 7.03. The predicted octanol–water partition coefficient (Wildman–Crippen LogP) is 4.58. The second-order valence-corrected chi connectivity index (χ2v) is 5.46. The maximum atomic E-state index is 13.4. The van der Waals surface area contributed by atoms with Crippen molar-refractivity contribution in [3.8, 4) is 11.1 Å². The van der Waals surface area contributed by atoms with Crippen molar-refractivity contribution in [3.05, 3.63) is 47.2 Å². The summed E-state index contributed by atoms with van der Waals surface area (Å²) in [5.74, 6) is -0.445. The van der Waals surface area contributed by atoms with E-state index in [0.717, 1.165) is 28.8 Å². The second kappa shape index (κ2) is 7.27. The van der Waals surface area contributed by atoms with E-state index in [0.29, 0.717) is 6.42 Å². The van der Waals surface area contributed by atoms with Gasteiger partial charge < -0.3 is 15.4 Å². The zero-order chi connectivity index (χ0) is 16.1. The van der Waals surface area contributed by atoms with Crippen molar-refractivity contribution >= 4 is 29.3 Å². The van der Waals surface area contributed by atoms with Crippen LogP contribution in [0.25, 0.3) is 11.1 Å². The molecule has 1 atom stereocenters. The minimum absolute atomic E-state index is 0.0123. The third kappa shape index (κ3) is 3.57. The molecule has 0 unspecified atom stereocenters. The summed E-state index contributed by atoms with van der Waals surface area (Å²) in [5, 5.41) is 6.54. The molecule has 0 aliphatic rings. The van der Waals surface area contributed by atoms with Crippen LogP contribution in [0.4, 0.5) is 15.8 Å². The fourth-order valence-electron chi connectivity index (χ4n) is 2.27. The summed E-state index contributed by atoms with van der Waals surface area (Å²) < 4.78 is 13.4. The van der Waals surface area contributed by atoms with Crippen molar-refractivity contribution in [2.45, 2.75) is 19.4 Å². The van der Waals surface area contributed by atoms with Crippen LogP contribution < -0.4 is 10.6 Å². The van der Waals surface area contributed by atoms with Crippen molar-refractivity contribution < 1.29 is 9.18 Å². The molecule has 0 amide bonds. The highest BCUT2D eigenvalue weighted by molar-refractivity contribution is 6.31. The van der Waals surface area contributed by atoms with Crippen LogP contribution >= 0.6 is 11.6 Å². The van der Waals surface area contributed by atoms with Gasteiger partial charge in [0.2, 0.25) is 0 Å². The zero-order valence-corrected chi connectivity index (χ0v) is 13.2. The average Bonchev–Trinajstić information content (AvgIpc) is 2.50. The van der Waals surface area contributed by atoms with Gasteiger partial charge in [0.15, 0.2) is 0 Å². The van der Waals surface area contributed by atoms with Gasteiger partial charge in [-0.1, -0.05) is 29.8 Å². The summed E-state index contributed by atoms with van der Waals surface area (Å²) in [7, 11) is 1.83. The van der Waals surface area contributed by atoms with Gasteiger partial charge in [0.25, 0.3) is 0 Å². The Morgan fingerprint density at radius 2 is 2.09 bits per heavy atom. The minimum atomic E-state index is -0.445. The number of para-hydroxylation sites is 1. The summed E-state index contributed by atoms with van der Waals surface area (Å²) in [6.45, 7) is 1.93. The van der Waals surface area contributed by atoms with Crippen molar-refractivity contribution in [3.63, 3.8) is 0 Å². The Morgan fingerprint density at radius 1 is 1.32 bits per heavy atom. The number of nitrogens with one attached hydrogen (secondary N) is 2. The second-order valence-electron chi connectivity index (χ2n) is 5.05. The first-order chi connectivity index (χ1) is 10.6. The molecule has 116 valence electrons. The molecule has 0 aliphatic carbocycles. The molecule has 0 spiro atoms. The van der Waals surface area contributed by atoms with Crippen LogP contribution in [0.15, 0.2) is 36.4 Å². The Kier molecular flexibility index (Phi) is 5.39. The van der Waals surface area contributed by atoms with Gasteiger partial charge in [-0.05, 0) is 30.7 Å². The highest BCUT2D eigenvalue weighted by Crippen LogP contribution is 2.36. The third-order valence-electron chi connectivity index (χ3n) is 3.40. The maximum absolute atomic E-state index is 13.4. The summed E-state index contributed by atoms with van der Waals surface area (Å²) in [6.07, 6.45) is 1.29. The van der Waals surface area contributed by atoms with Crippen molar-refractivity contribution in [1.82, 2.24) is 0 Å². The lowest BCUT2D eigenvalue weighted by Crippen LogP contribution is -2.17. The molecule has 22 heavy (non-hydrogen) atoms. The Labute approximate surface area is 134 Å². The van der Waals surface area contributed by atoms with E-state index < -0.39 is 5.82 Å². The number of rotatable bonds is 6. The van der Waals surface area contributed by atoms with Crippen LogP contribution in [0.5, 0.6) is 0 Å². The molecular weight excluding hydrogens is 303 g/mol. The van der Waals surface area contributed by atoms with E-state index in [1.807, 2.05) is 32.2 Å². The fourth-order valence-corrected chi connectivity index (χ4v) is 2.45. The number of hydrogen-bond acceptors (Lipinski definition) is 3. The number of anilines is 2. The van der Waals surface area contributed by atoms with Gasteiger partial charge in [0.05, 0.1) is 16.4 Å². The van der Waals surface area contributed by atoms with Crippen LogP contribution in [0.2, 0.25) is 5.02 Å². The van der Waals surface area contributed by atoms with Gasteiger partial charge in [0, 0.05) is 25.1 Å². The predicted molar refractivity (Wildman–Crippen MR) is 90.2 cm³/mol. The molecule has 2 aromatic carbocycles. The van der Waals surface area contributed by atoms with E-state index in [1.54, 1.807) is 12.1 Å². The number of aldehydes is 1. The third-order valence-corrected chi connectivity index (χ3v) is 3.69. The van der Waals surface area contributed by atoms with E-state index in [1.165, 1.54) is 6.07 Å². The monoisotopic (exact) mass is 320 g/mol. The quantitative estimate of drug-likeness (QED) is 0.766. The molecule has 2 N–H and O–H groups in total. The molecule has 2 rings (SSSR count). The molecule has 0 radical (unpaired) electrons. The van der Waals surface area contributed by atoms with Crippen molar-refractivity contribution in [2.24, 2.45) is 0 Å². The van der Waals surface area contributed by atoms with Gasteiger partial charge in [-0.2, -0.15) is 0 Å². The molecule has 5 heteroatoms. The molecule has 0 aliphatic heterocycles.